The summed E-state index contributed by atoms with van der Waals surface area (Å²) in [6, 6.07) is 19.0. The van der Waals surface area contributed by atoms with Crippen LogP contribution in [0.25, 0.3) is 10.8 Å². The van der Waals surface area contributed by atoms with Gasteiger partial charge in [0.2, 0.25) is 0 Å². The summed E-state index contributed by atoms with van der Waals surface area (Å²) in [4.78, 5) is 7.21. The SMILES string of the molecule is COc1ccccc1CN1CC[C@H](c2cc3ccccc3cn2)C1. The molecule has 3 nitrogen and oxygen atoms in total. The van der Waals surface area contributed by atoms with Crippen LogP contribution in [-0.4, -0.2) is 30.1 Å². The number of likely N-dealkylation sites (tertiary alicyclic amines) is 1. The van der Waals surface area contributed by atoms with E-state index in [1.54, 1.807) is 7.11 Å². The molecule has 0 unspecified atom stereocenters. The second kappa shape index (κ2) is 6.62. The highest BCUT2D eigenvalue weighted by Crippen LogP contribution is 2.30. The molecule has 0 N–H and O–H groups in total. The van der Waals surface area contributed by atoms with Crippen LogP contribution in [-0.2, 0) is 6.54 Å². The summed E-state index contributed by atoms with van der Waals surface area (Å²) in [6.07, 6.45) is 3.17. The quantitative estimate of drug-likeness (QED) is 0.720. The van der Waals surface area contributed by atoms with Gasteiger partial charge in [-0.2, -0.15) is 0 Å². The van der Waals surface area contributed by atoms with Crippen molar-refractivity contribution in [2.45, 2.75) is 18.9 Å². The number of hydrogen-bond donors (Lipinski definition) is 0. The van der Waals surface area contributed by atoms with Crippen molar-refractivity contribution < 1.29 is 4.74 Å². The highest BCUT2D eigenvalue weighted by molar-refractivity contribution is 5.81. The van der Waals surface area contributed by atoms with Crippen LogP contribution in [0.1, 0.15) is 23.6 Å². The zero-order valence-corrected chi connectivity index (χ0v) is 14.0. The number of methoxy groups -OCH3 is 1. The molecule has 0 amide bonds. The van der Waals surface area contributed by atoms with E-state index in [2.05, 4.69) is 47.4 Å². The molecule has 24 heavy (non-hydrogen) atoms. The van der Waals surface area contributed by atoms with Crippen molar-refractivity contribution in [1.82, 2.24) is 9.88 Å². The molecule has 1 aromatic heterocycles. The van der Waals surface area contributed by atoms with Gasteiger partial charge in [0.15, 0.2) is 0 Å². The highest BCUT2D eigenvalue weighted by atomic mass is 16.5. The maximum absolute atomic E-state index is 5.48. The lowest BCUT2D eigenvalue weighted by Crippen LogP contribution is -2.20. The van der Waals surface area contributed by atoms with Crippen LogP contribution in [0.2, 0.25) is 0 Å². The maximum atomic E-state index is 5.48. The smallest absolute Gasteiger partial charge is 0.123 e. The second-order valence-electron chi connectivity index (χ2n) is 6.49. The summed E-state index contributed by atoms with van der Waals surface area (Å²) >= 11 is 0. The minimum absolute atomic E-state index is 0.518. The predicted molar refractivity (Wildman–Crippen MR) is 97.4 cm³/mol. The number of para-hydroxylation sites is 1. The lowest BCUT2D eigenvalue weighted by molar-refractivity contribution is 0.316. The first-order chi connectivity index (χ1) is 11.8. The van der Waals surface area contributed by atoms with Crippen LogP contribution >= 0.6 is 0 Å². The summed E-state index contributed by atoms with van der Waals surface area (Å²) < 4.78 is 5.48. The summed E-state index contributed by atoms with van der Waals surface area (Å²) in [5.74, 6) is 1.49. The first-order valence-corrected chi connectivity index (χ1v) is 8.52. The molecule has 2 aromatic carbocycles. The molecule has 122 valence electrons. The Labute approximate surface area is 142 Å². The third-order valence-electron chi connectivity index (χ3n) is 4.93. The van der Waals surface area contributed by atoms with Gasteiger partial charge in [0.05, 0.1) is 7.11 Å². The molecule has 3 heteroatoms. The Morgan fingerprint density at radius 3 is 2.75 bits per heavy atom. The third kappa shape index (κ3) is 3.00. The van der Waals surface area contributed by atoms with E-state index < -0.39 is 0 Å². The molecule has 0 aliphatic carbocycles. The molecule has 0 saturated carbocycles. The van der Waals surface area contributed by atoms with Gasteiger partial charge in [-0.1, -0.05) is 42.5 Å². The molecule has 4 rings (SSSR count). The Kier molecular flexibility index (Phi) is 4.18. The third-order valence-corrected chi connectivity index (χ3v) is 4.93. The standard InChI is InChI=1S/C21H22N2O/c1-24-21-9-5-4-8-19(21)15-23-11-10-18(14-23)20-12-16-6-2-3-7-17(16)13-22-20/h2-9,12-13,18H,10-11,14-15H2,1H3/t18-/m0/s1. The Morgan fingerprint density at radius 2 is 1.88 bits per heavy atom. The number of aromatic nitrogens is 1. The first-order valence-electron chi connectivity index (χ1n) is 8.52. The average molecular weight is 318 g/mol. The minimum atomic E-state index is 0.518. The van der Waals surface area contributed by atoms with Gasteiger partial charge in [-0.05, 0) is 30.5 Å². The van der Waals surface area contributed by atoms with E-state index in [4.69, 9.17) is 9.72 Å². The number of hydrogen-bond acceptors (Lipinski definition) is 3. The molecule has 1 fully saturated rings. The molecule has 1 atom stereocenters. The number of ether oxygens (including phenoxy) is 1. The van der Waals surface area contributed by atoms with E-state index in [0.717, 1.165) is 25.4 Å². The molecule has 1 aliphatic rings. The van der Waals surface area contributed by atoms with E-state index in [-0.39, 0.29) is 0 Å². The molecule has 2 heterocycles. The van der Waals surface area contributed by atoms with Crippen molar-refractivity contribution >= 4 is 10.8 Å². The molecule has 1 aliphatic heterocycles. The van der Waals surface area contributed by atoms with Crippen LogP contribution in [0.15, 0.2) is 60.8 Å². The fourth-order valence-corrected chi connectivity index (χ4v) is 3.62. The maximum Gasteiger partial charge on any atom is 0.123 e. The number of fused-ring (bicyclic) bond motifs is 1. The number of nitrogens with zero attached hydrogens (tertiary/aromatic N) is 2. The summed E-state index contributed by atoms with van der Waals surface area (Å²) in [6.45, 7) is 3.11. The van der Waals surface area contributed by atoms with Gasteiger partial charge < -0.3 is 4.74 Å². The van der Waals surface area contributed by atoms with Gasteiger partial charge in [0.25, 0.3) is 0 Å². The Hall–Kier alpha value is -2.39. The van der Waals surface area contributed by atoms with Gasteiger partial charge in [-0.25, -0.2) is 0 Å². The zero-order valence-electron chi connectivity index (χ0n) is 14.0. The largest absolute Gasteiger partial charge is 0.496 e. The molecule has 1 saturated heterocycles. The van der Waals surface area contributed by atoms with Crippen LogP contribution in [0.3, 0.4) is 0 Å². The van der Waals surface area contributed by atoms with Gasteiger partial charge >= 0.3 is 0 Å². The fraction of sp³-hybridized carbons (Fsp3) is 0.286. The second-order valence-corrected chi connectivity index (χ2v) is 6.49. The normalized spacial score (nSPS) is 18.1. The van der Waals surface area contributed by atoms with Crippen molar-refractivity contribution in [1.29, 1.82) is 0 Å². The van der Waals surface area contributed by atoms with Crippen molar-refractivity contribution in [2.75, 3.05) is 20.2 Å². The lowest BCUT2D eigenvalue weighted by atomic mass is 10.0. The summed E-state index contributed by atoms with van der Waals surface area (Å²) in [7, 11) is 1.74. The van der Waals surface area contributed by atoms with Gasteiger partial charge in [-0.15, -0.1) is 0 Å². The van der Waals surface area contributed by atoms with Crippen LogP contribution < -0.4 is 4.74 Å². The summed E-state index contributed by atoms with van der Waals surface area (Å²) in [5, 5.41) is 2.50. The van der Waals surface area contributed by atoms with Crippen LogP contribution in [0.5, 0.6) is 5.75 Å². The van der Waals surface area contributed by atoms with Crippen LogP contribution in [0.4, 0.5) is 0 Å². The van der Waals surface area contributed by atoms with E-state index in [1.165, 1.54) is 28.5 Å². The van der Waals surface area contributed by atoms with Crippen LogP contribution in [0, 0.1) is 0 Å². The van der Waals surface area contributed by atoms with Crippen molar-refractivity contribution in [3.63, 3.8) is 0 Å². The predicted octanol–water partition coefficient (Wildman–Crippen LogP) is 4.23. The number of rotatable bonds is 4. The Bertz CT molecular complexity index is 846. The molecule has 3 aromatic rings. The Morgan fingerprint density at radius 1 is 1.08 bits per heavy atom. The lowest BCUT2D eigenvalue weighted by Gasteiger charge is -2.18. The topological polar surface area (TPSA) is 25.4 Å². The van der Waals surface area contributed by atoms with Gasteiger partial charge in [-0.3, -0.25) is 9.88 Å². The van der Waals surface area contributed by atoms with Crippen molar-refractivity contribution in [3.8, 4) is 5.75 Å². The number of benzene rings is 2. The monoisotopic (exact) mass is 318 g/mol. The Balaban J connectivity index is 1.49. The van der Waals surface area contributed by atoms with Gasteiger partial charge in [0, 0.05) is 41.8 Å². The minimum Gasteiger partial charge on any atom is -0.496 e. The first kappa shape index (κ1) is 15.2. The number of pyridine rings is 1. The molecular weight excluding hydrogens is 296 g/mol. The van der Waals surface area contributed by atoms with Crippen molar-refractivity contribution in [2.24, 2.45) is 0 Å². The fourth-order valence-electron chi connectivity index (χ4n) is 3.62. The van der Waals surface area contributed by atoms with E-state index in [0.29, 0.717) is 5.92 Å². The van der Waals surface area contributed by atoms with E-state index >= 15 is 0 Å². The van der Waals surface area contributed by atoms with Crippen molar-refractivity contribution in [3.05, 3.63) is 72.1 Å². The molecule has 0 radical (unpaired) electrons. The zero-order chi connectivity index (χ0) is 16.4. The van der Waals surface area contributed by atoms with Gasteiger partial charge in [0.1, 0.15) is 5.75 Å². The molecule has 0 bridgehead atoms. The highest BCUT2D eigenvalue weighted by Gasteiger charge is 2.25. The molecule has 0 spiro atoms. The summed E-state index contributed by atoms with van der Waals surface area (Å²) in [5.41, 5.74) is 2.48. The average Bonchev–Trinajstić information content (AvgIpc) is 3.10. The molecular formula is C21H22N2O. The van der Waals surface area contributed by atoms with E-state index in [9.17, 15) is 0 Å². The van der Waals surface area contributed by atoms with E-state index in [1.807, 2.05) is 18.3 Å².